The number of amides is 1. The fourth-order valence-corrected chi connectivity index (χ4v) is 3.22. The van der Waals surface area contributed by atoms with Crippen molar-refractivity contribution in [2.75, 3.05) is 21.6 Å². The maximum absolute atomic E-state index is 12.5. The first-order valence-corrected chi connectivity index (χ1v) is 10.5. The van der Waals surface area contributed by atoms with Crippen molar-refractivity contribution in [1.82, 2.24) is 0 Å². The lowest BCUT2D eigenvalue weighted by molar-refractivity contribution is 0.102. The summed E-state index contributed by atoms with van der Waals surface area (Å²) >= 11 is 0. The van der Waals surface area contributed by atoms with Crippen molar-refractivity contribution >= 4 is 38.7 Å². The number of aryl methyl sites for hydroxylation is 1. The highest BCUT2D eigenvalue weighted by molar-refractivity contribution is 7.92. The summed E-state index contributed by atoms with van der Waals surface area (Å²) in [4.78, 5) is 12.5. The third-order valence-corrected chi connectivity index (χ3v) is 4.59. The van der Waals surface area contributed by atoms with Crippen molar-refractivity contribution in [2.45, 2.75) is 6.92 Å². The Hall–Kier alpha value is -3.32. The normalized spacial score (nSPS) is 10.9. The zero-order valence-electron chi connectivity index (χ0n) is 15.6. The van der Waals surface area contributed by atoms with Crippen molar-refractivity contribution in [3.63, 3.8) is 0 Å². The van der Waals surface area contributed by atoms with Crippen LogP contribution in [0.2, 0.25) is 0 Å². The van der Waals surface area contributed by atoms with Gasteiger partial charge in [-0.25, -0.2) is 8.42 Å². The molecule has 0 heterocycles. The van der Waals surface area contributed by atoms with Crippen LogP contribution >= 0.6 is 0 Å². The van der Waals surface area contributed by atoms with Crippen molar-refractivity contribution < 1.29 is 13.2 Å². The van der Waals surface area contributed by atoms with E-state index in [9.17, 15) is 13.2 Å². The van der Waals surface area contributed by atoms with Gasteiger partial charge in [-0.3, -0.25) is 9.52 Å². The molecule has 144 valence electrons. The molecule has 3 rings (SSSR count). The molecule has 0 aliphatic rings. The van der Waals surface area contributed by atoms with E-state index in [-0.39, 0.29) is 5.91 Å². The minimum atomic E-state index is -3.42. The molecule has 0 aromatic heterocycles. The minimum absolute atomic E-state index is 0.319. The van der Waals surface area contributed by atoms with Gasteiger partial charge in [-0.1, -0.05) is 24.3 Å². The summed E-state index contributed by atoms with van der Waals surface area (Å²) in [5, 5.41) is 6.09. The van der Waals surface area contributed by atoms with Crippen LogP contribution in [0.3, 0.4) is 0 Å². The second kappa shape index (κ2) is 8.14. The van der Waals surface area contributed by atoms with Gasteiger partial charge in [0.2, 0.25) is 10.0 Å². The second-order valence-corrected chi connectivity index (χ2v) is 8.17. The molecule has 0 saturated heterocycles. The van der Waals surface area contributed by atoms with Gasteiger partial charge in [-0.15, -0.1) is 0 Å². The maximum Gasteiger partial charge on any atom is 0.255 e. The first-order chi connectivity index (χ1) is 13.3. The molecule has 3 aromatic carbocycles. The van der Waals surface area contributed by atoms with Crippen LogP contribution in [0.1, 0.15) is 15.9 Å². The molecule has 3 N–H and O–H groups in total. The molecule has 0 fully saturated rings. The van der Waals surface area contributed by atoms with Crippen molar-refractivity contribution in [3.05, 3.63) is 83.9 Å². The van der Waals surface area contributed by atoms with Crippen LogP contribution in [0.4, 0.5) is 22.7 Å². The molecule has 1 amide bonds. The molecule has 6 nitrogen and oxygen atoms in total. The summed E-state index contributed by atoms with van der Waals surface area (Å²) in [7, 11) is -3.42. The second-order valence-electron chi connectivity index (χ2n) is 6.43. The molecule has 0 unspecified atom stereocenters. The molecule has 0 spiro atoms. The molecular weight excluding hydrogens is 374 g/mol. The molecule has 28 heavy (non-hydrogen) atoms. The predicted octanol–water partition coefficient (Wildman–Crippen LogP) is 4.36. The molecule has 0 aliphatic heterocycles. The van der Waals surface area contributed by atoms with Gasteiger partial charge >= 0.3 is 0 Å². The number of carbonyl (C=O) groups excluding carboxylic acids is 1. The fourth-order valence-electron chi connectivity index (χ4n) is 2.60. The number of benzene rings is 3. The molecule has 0 saturated carbocycles. The Bertz CT molecular complexity index is 1080. The smallest absolute Gasteiger partial charge is 0.255 e. The van der Waals surface area contributed by atoms with E-state index in [1.165, 1.54) is 6.07 Å². The largest absolute Gasteiger partial charge is 0.356 e. The standard InChI is InChI=1S/C21H21N3O3S/c1-15-8-9-16(14-20(15)24-28(2,26)27)21(25)23-19-12-10-18(11-13-19)22-17-6-4-3-5-7-17/h3-14,22,24H,1-2H3,(H,23,25). The zero-order chi connectivity index (χ0) is 20.1. The number of sulfonamides is 1. The highest BCUT2D eigenvalue weighted by Crippen LogP contribution is 2.21. The van der Waals surface area contributed by atoms with Gasteiger partial charge in [0, 0.05) is 22.6 Å². The van der Waals surface area contributed by atoms with Gasteiger partial charge in [0.15, 0.2) is 0 Å². The number of hydrogen-bond donors (Lipinski definition) is 3. The van der Waals surface area contributed by atoms with Gasteiger partial charge < -0.3 is 10.6 Å². The Morgan fingerprint density at radius 3 is 2.07 bits per heavy atom. The van der Waals surface area contributed by atoms with Crippen LogP contribution in [0.15, 0.2) is 72.8 Å². The maximum atomic E-state index is 12.5. The lowest BCUT2D eigenvalue weighted by Gasteiger charge is -2.11. The summed E-state index contributed by atoms with van der Waals surface area (Å²) in [6, 6.07) is 22.0. The number of rotatable bonds is 6. The lowest BCUT2D eigenvalue weighted by Crippen LogP contribution is -2.14. The average Bonchev–Trinajstić information content (AvgIpc) is 2.65. The predicted molar refractivity (Wildman–Crippen MR) is 114 cm³/mol. The van der Waals surface area contributed by atoms with E-state index in [0.29, 0.717) is 16.9 Å². The van der Waals surface area contributed by atoms with Crippen LogP contribution in [-0.2, 0) is 10.0 Å². The van der Waals surface area contributed by atoms with Gasteiger partial charge in [-0.2, -0.15) is 0 Å². The third-order valence-electron chi connectivity index (χ3n) is 4.00. The molecule has 0 bridgehead atoms. The topological polar surface area (TPSA) is 87.3 Å². The van der Waals surface area contributed by atoms with E-state index in [2.05, 4.69) is 15.4 Å². The molecule has 0 atom stereocenters. The van der Waals surface area contributed by atoms with Gasteiger partial charge in [-0.05, 0) is 61.0 Å². The number of hydrogen-bond acceptors (Lipinski definition) is 4. The number of nitrogens with one attached hydrogen (secondary N) is 3. The molecule has 0 radical (unpaired) electrons. The van der Waals surface area contributed by atoms with E-state index in [1.54, 1.807) is 31.2 Å². The van der Waals surface area contributed by atoms with Crippen molar-refractivity contribution in [1.29, 1.82) is 0 Å². The molecule has 7 heteroatoms. The summed E-state index contributed by atoms with van der Waals surface area (Å²) < 4.78 is 25.4. The highest BCUT2D eigenvalue weighted by atomic mass is 32.2. The first-order valence-electron chi connectivity index (χ1n) is 8.62. The quantitative estimate of drug-likeness (QED) is 0.579. The summed E-state index contributed by atoms with van der Waals surface area (Å²) in [6.45, 7) is 1.77. The SMILES string of the molecule is Cc1ccc(C(=O)Nc2ccc(Nc3ccccc3)cc2)cc1NS(C)(=O)=O. The Morgan fingerprint density at radius 2 is 1.43 bits per heavy atom. The highest BCUT2D eigenvalue weighted by Gasteiger charge is 2.11. The first kappa shape index (κ1) is 19.4. The molecule has 3 aromatic rings. The van der Waals surface area contributed by atoms with Crippen molar-refractivity contribution in [2.24, 2.45) is 0 Å². The van der Waals surface area contributed by atoms with Crippen LogP contribution in [0.5, 0.6) is 0 Å². The Labute approximate surface area is 164 Å². The summed E-state index contributed by atoms with van der Waals surface area (Å²) in [5.74, 6) is -0.319. The van der Waals surface area contributed by atoms with Crippen molar-refractivity contribution in [3.8, 4) is 0 Å². The molecule has 0 aliphatic carbocycles. The number of carbonyl (C=O) groups is 1. The summed E-state index contributed by atoms with van der Waals surface area (Å²) in [6.07, 6.45) is 1.07. The van der Waals surface area contributed by atoms with Crippen LogP contribution in [0.25, 0.3) is 0 Å². The van der Waals surface area contributed by atoms with E-state index < -0.39 is 10.0 Å². The monoisotopic (exact) mass is 395 g/mol. The van der Waals surface area contributed by atoms with E-state index in [4.69, 9.17) is 0 Å². The Morgan fingerprint density at radius 1 is 0.821 bits per heavy atom. The van der Waals surface area contributed by atoms with E-state index in [0.717, 1.165) is 23.2 Å². The van der Waals surface area contributed by atoms with Crippen LogP contribution in [-0.4, -0.2) is 20.6 Å². The minimum Gasteiger partial charge on any atom is -0.356 e. The van der Waals surface area contributed by atoms with E-state index >= 15 is 0 Å². The van der Waals surface area contributed by atoms with E-state index in [1.807, 2.05) is 42.5 Å². The van der Waals surface area contributed by atoms with Gasteiger partial charge in [0.25, 0.3) is 5.91 Å². The van der Waals surface area contributed by atoms with Gasteiger partial charge in [0.1, 0.15) is 0 Å². The number of anilines is 4. The van der Waals surface area contributed by atoms with Gasteiger partial charge in [0.05, 0.1) is 11.9 Å². The third kappa shape index (κ3) is 5.34. The zero-order valence-corrected chi connectivity index (χ0v) is 16.4. The Balaban J connectivity index is 1.70. The lowest BCUT2D eigenvalue weighted by atomic mass is 10.1. The molecular formula is C21H21N3O3S. The fraction of sp³-hybridized carbons (Fsp3) is 0.0952. The Kier molecular flexibility index (Phi) is 5.65. The number of para-hydroxylation sites is 1. The average molecular weight is 395 g/mol. The van der Waals surface area contributed by atoms with Crippen LogP contribution in [0, 0.1) is 6.92 Å². The van der Waals surface area contributed by atoms with Crippen LogP contribution < -0.4 is 15.4 Å². The summed E-state index contributed by atoms with van der Waals surface area (Å²) in [5.41, 5.74) is 4.00.